The van der Waals surface area contributed by atoms with Gasteiger partial charge in [-0.15, -0.1) is 0 Å². The molecular formula is C17H21BrN3OS+. The van der Waals surface area contributed by atoms with E-state index in [0.717, 1.165) is 37.1 Å². The number of fused-ring (bicyclic) bond motifs is 3. The molecule has 0 atom stereocenters. The molecule has 2 aliphatic heterocycles. The van der Waals surface area contributed by atoms with Crippen molar-refractivity contribution in [3.8, 4) is 0 Å². The number of rotatable bonds is 2. The van der Waals surface area contributed by atoms with Crippen LogP contribution in [0.25, 0.3) is 10.9 Å². The Morgan fingerprint density at radius 2 is 2.17 bits per heavy atom. The summed E-state index contributed by atoms with van der Waals surface area (Å²) in [5.74, 6) is 2.67. The third-order valence-electron chi connectivity index (χ3n) is 4.89. The van der Waals surface area contributed by atoms with Gasteiger partial charge in [0.1, 0.15) is 0 Å². The maximum atomic E-state index is 12.7. The molecule has 1 aromatic heterocycles. The molecule has 0 spiro atoms. The predicted octanol–water partition coefficient (Wildman–Crippen LogP) is 1.45. The van der Waals surface area contributed by atoms with Gasteiger partial charge in [-0.05, 0) is 18.2 Å². The number of benzene rings is 1. The van der Waals surface area contributed by atoms with E-state index < -0.39 is 0 Å². The van der Waals surface area contributed by atoms with Crippen molar-refractivity contribution in [2.24, 2.45) is 0 Å². The maximum absolute atomic E-state index is 12.7. The van der Waals surface area contributed by atoms with Crippen LogP contribution in [0.3, 0.4) is 0 Å². The molecule has 0 aliphatic carbocycles. The maximum Gasteiger partial charge on any atom is 0.278 e. The second-order valence-corrected chi connectivity index (χ2v) is 8.52. The van der Waals surface area contributed by atoms with E-state index in [0.29, 0.717) is 12.5 Å². The molecule has 2 N–H and O–H groups in total. The van der Waals surface area contributed by atoms with Gasteiger partial charge in [-0.25, -0.2) is 0 Å². The molecule has 1 aromatic carbocycles. The van der Waals surface area contributed by atoms with Crippen LogP contribution < -0.4 is 4.90 Å². The topological polar surface area (TPSA) is 40.5 Å². The lowest BCUT2D eigenvalue weighted by Gasteiger charge is -2.30. The van der Waals surface area contributed by atoms with E-state index in [1.807, 2.05) is 16.7 Å². The number of H-pyrrole nitrogens is 1. The Bertz CT molecular complexity index is 739. The minimum atomic E-state index is 0.307. The van der Waals surface area contributed by atoms with Crippen LogP contribution in [0.2, 0.25) is 0 Å². The van der Waals surface area contributed by atoms with Crippen LogP contribution in [0.5, 0.6) is 0 Å². The number of aromatic nitrogens is 1. The zero-order chi connectivity index (χ0) is 15.8. The van der Waals surface area contributed by atoms with Gasteiger partial charge >= 0.3 is 0 Å². The number of carbonyl (C=O) groups excluding carboxylic acids is 1. The molecule has 1 amide bonds. The fraction of sp³-hybridized carbons (Fsp3) is 0.471. The number of nitrogens with one attached hydrogen (secondary N) is 2. The average molecular weight is 395 g/mol. The summed E-state index contributed by atoms with van der Waals surface area (Å²) < 4.78 is 1.09. The second-order valence-electron chi connectivity index (χ2n) is 6.38. The Morgan fingerprint density at radius 1 is 1.35 bits per heavy atom. The molecule has 1 saturated heterocycles. The van der Waals surface area contributed by atoms with E-state index >= 15 is 0 Å². The Kier molecular flexibility index (Phi) is 4.39. The van der Waals surface area contributed by atoms with Gasteiger partial charge in [-0.2, -0.15) is 11.8 Å². The molecule has 4 rings (SSSR count). The van der Waals surface area contributed by atoms with Crippen molar-refractivity contribution < 1.29 is 9.69 Å². The van der Waals surface area contributed by atoms with Gasteiger partial charge in [-0.3, -0.25) is 4.79 Å². The van der Waals surface area contributed by atoms with Gasteiger partial charge in [0.05, 0.1) is 13.1 Å². The molecule has 0 saturated carbocycles. The van der Waals surface area contributed by atoms with Crippen molar-refractivity contribution in [2.45, 2.75) is 13.0 Å². The number of halogens is 1. The van der Waals surface area contributed by atoms with Crippen LogP contribution in [0.4, 0.5) is 0 Å². The molecule has 1 fully saturated rings. The van der Waals surface area contributed by atoms with Crippen molar-refractivity contribution in [1.29, 1.82) is 0 Å². The van der Waals surface area contributed by atoms with Crippen LogP contribution in [0, 0.1) is 0 Å². The molecule has 3 heterocycles. The number of aromatic amines is 1. The minimum Gasteiger partial charge on any atom is -0.358 e. The molecule has 2 aliphatic rings. The first kappa shape index (κ1) is 15.5. The molecular weight excluding hydrogens is 374 g/mol. The SMILES string of the molecule is O=C(C[NH+]1CCSCC1)N1CCc2[nH]c3ccc(Br)cc3c2C1. The predicted molar refractivity (Wildman–Crippen MR) is 98.0 cm³/mol. The molecule has 0 unspecified atom stereocenters. The Hall–Kier alpha value is -0.980. The van der Waals surface area contributed by atoms with Crippen molar-refractivity contribution >= 4 is 44.5 Å². The molecule has 0 radical (unpaired) electrons. The number of thioether (sulfide) groups is 1. The van der Waals surface area contributed by atoms with Gasteiger partial charge < -0.3 is 14.8 Å². The first-order valence-electron chi connectivity index (χ1n) is 8.19. The van der Waals surface area contributed by atoms with E-state index in [9.17, 15) is 4.79 Å². The van der Waals surface area contributed by atoms with Crippen LogP contribution >= 0.6 is 27.7 Å². The monoisotopic (exact) mass is 394 g/mol. The summed E-state index contributed by atoms with van der Waals surface area (Å²) in [6.45, 7) is 4.47. The first-order chi connectivity index (χ1) is 11.2. The highest BCUT2D eigenvalue weighted by Crippen LogP contribution is 2.29. The number of nitrogens with zero attached hydrogens (tertiary/aromatic N) is 1. The number of quaternary nitrogens is 1. The summed E-state index contributed by atoms with van der Waals surface area (Å²) in [5, 5.41) is 1.24. The Labute approximate surface area is 148 Å². The summed E-state index contributed by atoms with van der Waals surface area (Å²) in [7, 11) is 0. The van der Waals surface area contributed by atoms with Crippen LogP contribution in [0.1, 0.15) is 11.3 Å². The lowest BCUT2D eigenvalue weighted by Crippen LogP contribution is -3.14. The minimum absolute atomic E-state index is 0.307. The van der Waals surface area contributed by atoms with Gasteiger partial charge in [0.2, 0.25) is 0 Å². The van der Waals surface area contributed by atoms with E-state index in [-0.39, 0.29) is 0 Å². The molecule has 122 valence electrons. The van der Waals surface area contributed by atoms with E-state index in [2.05, 4.69) is 39.1 Å². The van der Waals surface area contributed by atoms with E-state index in [4.69, 9.17) is 0 Å². The van der Waals surface area contributed by atoms with Crippen LogP contribution in [-0.2, 0) is 17.8 Å². The van der Waals surface area contributed by atoms with Gasteiger partial charge in [0.15, 0.2) is 6.54 Å². The summed E-state index contributed by atoms with van der Waals surface area (Å²) in [4.78, 5) is 19.7. The summed E-state index contributed by atoms with van der Waals surface area (Å²) in [6, 6.07) is 6.33. The standard InChI is InChI=1S/C17H20BrN3OS/c18-12-1-2-15-13(9-12)14-10-21(4-3-16(14)19-15)17(22)11-20-5-7-23-8-6-20/h1-2,9,19H,3-8,10-11H2/p+1. The Balaban J connectivity index is 1.52. The third kappa shape index (κ3) is 3.16. The Morgan fingerprint density at radius 3 is 3.00 bits per heavy atom. The molecule has 6 heteroatoms. The lowest BCUT2D eigenvalue weighted by atomic mass is 10.0. The van der Waals surface area contributed by atoms with Crippen molar-refractivity contribution in [3.63, 3.8) is 0 Å². The fourth-order valence-electron chi connectivity index (χ4n) is 3.56. The van der Waals surface area contributed by atoms with Gasteiger partial charge in [0.25, 0.3) is 5.91 Å². The quantitative estimate of drug-likeness (QED) is 0.808. The molecule has 4 nitrogen and oxygen atoms in total. The zero-order valence-electron chi connectivity index (χ0n) is 13.0. The summed E-state index contributed by atoms with van der Waals surface area (Å²) in [6.07, 6.45) is 0.929. The highest BCUT2D eigenvalue weighted by atomic mass is 79.9. The fourth-order valence-corrected chi connectivity index (χ4v) is 4.99. The zero-order valence-corrected chi connectivity index (χ0v) is 15.4. The molecule has 0 bridgehead atoms. The van der Waals surface area contributed by atoms with E-state index in [1.54, 1.807) is 0 Å². The highest BCUT2D eigenvalue weighted by molar-refractivity contribution is 9.10. The number of hydrogen-bond donors (Lipinski definition) is 2. The summed E-state index contributed by atoms with van der Waals surface area (Å²) >= 11 is 5.56. The smallest absolute Gasteiger partial charge is 0.278 e. The van der Waals surface area contributed by atoms with Crippen molar-refractivity contribution in [1.82, 2.24) is 9.88 Å². The van der Waals surface area contributed by atoms with Gasteiger partial charge in [-0.1, -0.05) is 15.9 Å². The highest BCUT2D eigenvalue weighted by Gasteiger charge is 2.27. The van der Waals surface area contributed by atoms with E-state index in [1.165, 1.54) is 38.6 Å². The van der Waals surface area contributed by atoms with Crippen molar-refractivity contribution in [3.05, 3.63) is 33.9 Å². The number of amides is 1. The number of hydrogen-bond acceptors (Lipinski definition) is 2. The second kappa shape index (κ2) is 6.49. The summed E-state index contributed by atoms with van der Waals surface area (Å²) in [5.41, 5.74) is 3.76. The lowest BCUT2D eigenvalue weighted by molar-refractivity contribution is -0.888. The van der Waals surface area contributed by atoms with Gasteiger partial charge in [0, 0.05) is 57.6 Å². The van der Waals surface area contributed by atoms with Crippen molar-refractivity contribution in [2.75, 3.05) is 37.7 Å². The van der Waals surface area contributed by atoms with Crippen LogP contribution in [-0.4, -0.2) is 53.5 Å². The normalized spacial score (nSPS) is 19.1. The largest absolute Gasteiger partial charge is 0.358 e. The van der Waals surface area contributed by atoms with Crippen LogP contribution in [0.15, 0.2) is 22.7 Å². The average Bonchev–Trinajstić information content (AvgIpc) is 2.93. The first-order valence-corrected chi connectivity index (χ1v) is 10.1. The third-order valence-corrected chi connectivity index (χ3v) is 6.37. The molecule has 23 heavy (non-hydrogen) atoms. The number of carbonyl (C=O) groups is 1. The molecule has 2 aromatic rings.